The summed E-state index contributed by atoms with van der Waals surface area (Å²) in [6, 6.07) is 19.0. The first-order valence-corrected chi connectivity index (χ1v) is 14.8. The first-order chi connectivity index (χ1) is 22.8. The number of nitrogens with one attached hydrogen (secondary N) is 3. The van der Waals surface area contributed by atoms with E-state index in [1.165, 1.54) is 26.0 Å². The molecular formula is C34H37FN6O7. The van der Waals surface area contributed by atoms with Crippen LogP contribution in [0.15, 0.2) is 91.0 Å². The predicted molar refractivity (Wildman–Crippen MR) is 173 cm³/mol. The first kappa shape index (κ1) is 36.4. The van der Waals surface area contributed by atoms with Crippen LogP contribution in [0.1, 0.15) is 36.1 Å². The molecule has 0 saturated heterocycles. The number of benzene rings is 3. The van der Waals surface area contributed by atoms with E-state index in [1.54, 1.807) is 30.3 Å². The molecule has 13 nitrogen and oxygen atoms in total. The third-order valence-electron chi connectivity index (χ3n) is 6.90. The lowest BCUT2D eigenvalue weighted by molar-refractivity contribution is -0.153. The number of carbonyl (C=O) groups excluding carboxylic acids is 6. The molecule has 5 N–H and O–H groups in total. The molecule has 0 radical (unpaired) electrons. The molecule has 14 heteroatoms. The Bertz CT molecular complexity index is 1650. The minimum Gasteiger partial charge on any atom is -0.445 e. The zero-order valence-electron chi connectivity index (χ0n) is 26.6. The van der Waals surface area contributed by atoms with Gasteiger partial charge in [0.15, 0.2) is 0 Å². The molecule has 0 bridgehead atoms. The maximum Gasteiger partial charge on any atom is 0.408 e. The highest BCUT2D eigenvalue weighted by Crippen LogP contribution is 2.15. The molecule has 3 aromatic carbocycles. The van der Waals surface area contributed by atoms with E-state index in [0.29, 0.717) is 22.6 Å². The van der Waals surface area contributed by atoms with Gasteiger partial charge in [-0.2, -0.15) is 5.01 Å². The van der Waals surface area contributed by atoms with Gasteiger partial charge in [0.05, 0.1) is 0 Å². The molecule has 0 aromatic heterocycles. The zero-order chi connectivity index (χ0) is 35.2. The maximum atomic E-state index is 14.3. The summed E-state index contributed by atoms with van der Waals surface area (Å²) in [5.41, 5.74) is 8.06. The van der Waals surface area contributed by atoms with E-state index < -0.39 is 47.8 Å². The molecule has 0 saturated carbocycles. The van der Waals surface area contributed by atoms with Crippen LogP contribution in [0.2, 0.25) is 0 Å². The van der Waals surface area contributed by atoms with Crippen LogP contribution in [-0.2, 0) is 43.5 Å². The van der Waals surface area contributed by atoms with Crippen molar-refractivity contribution in [2.45, 2.75) is 45.5 Å². The van der Waals surface area contributed by atoms with Crippen molar-refractivity contribution < 1.29 is 37.9 Å². The number of urea groups is 1. The molecule has 7 amide bonds. The second kappa shape index (κ2) is 17.6. The number of carbonyl (C=O) groups is 6. The highest BCUT2D eigenvalue weighted by Gasteiger charge is 2.30. The summed E-state index contributed by atoms with van der Waals surface area (Å²) in [5.74, 6) is -3.86. The summed E-state index contributed by atoms with van der Waals surface area (Å²) >= 11 is 0. The van der Waals surface area contributed by atoms with Gasteiger partial charge in [0.1, 0.15) is 24.5 Å². The number of rotatable bonds is 12. The molecule has 0 spiro atoms. The Hall–Kier alpha value is -6.05. The number of ether oxygens (including phenoxy) is 1. The SMILES string of the molecule is C[C@H](NC(=O)OCc1ccccc1)C(=O)N[C@@H](C)C(=O)N(C)N(C(N)=O)C(=O)/C=C/C(=O)NCc1ccc(F)c(Cc2ccccc2)c1. The molecule has 0 aliphatic rings. The lowest BCUT2D eigenvalue weighted by atomic mass is 10.0. The third kappa shape index (κ3) is 11.1. The van der Waals surface area contributed by atoms with Gasteiger partial charge < -0.3 is 26.4 Å². The van der Waals surface area contributed by atoms with Crippen LogP contribution in [0.25, 0.3) is 0 Å². The van der Waals surface area contributed by atoms with E-state index in [9.17, 15) is 33.2 Å². The third-order valence-corrected chi connectivity index (χ3v) is 6.90. The van der Waals surface area contributed by atoms with Crippen LogP contribution >= 0.6 is 0 Å². The Morgan fingerprint density at radius 2 is 1.46 bits per heavy atom. The fourth-order valence-corrected chi connectivity index (χ4v) is 4.35. The van der Waals surface area contributed by atoms with Crippen LogP contribution in [0, 0.1) is 5.82 Å². The van der Waals surface area contributed by atoms with Gasteiger partial charge in [-0.15, -0.1) is 0 Å². The van der Waals surface area contributed by atoms with Crippen LogP contribution in [0.4, 0.5) is 14.0 Å². The summed E-state index contributed by atoms with van der Waals surface area (Å²) < 4.78 is 19.4. The summed E-state index contributed by atoms with van der Waals surface area (Å²) in [5, 5.41) is 8.17. The minimum atomic E-state index is -1.33. The van der Waals surface area contributed by atoms with Gasteiger partial charge in [-0.05, 0) is 42.2 Å². The Balaban J connectivity index is 1.51. The summed E-state index contributed by atoms with van der Waals surface area (Å²) in [4.78, 5) is 74.9. The number of halogens is 1. The maximum absolute atomic E-state index is 14.3. The predicted octanol–water partition coefficient (Wildman–Crippen LogP) is 2.69. The molecule has 3 rings (SSSR count). The van der Waals surface area contributed by atoms with E-state index in [4.69, 9.17) is 10.5 Å². The molecule has 3 aromatic rings. The van der Waals surface area contributed by atoms with Crippen LogP contribution in [0.5, 0.6) is 0 Å². The van der Waals surface area contributed by atoms with E-state index in [2.05, 4.69) is 16.0 Å². The quantitative estimate of drug-likeness (QED) is 0.170. The van der Waals surface area contributed by atoms with Crippen molar-refractivity contribution >= 4 is 35.8 Å². The smallest absolute Gasteiger partial charge is 0.408 e. The van der Waals surface area contributed by atoms with Crippen molar-refractivity contribution in [1.29, 1.82) is 0 Å². The number of alkyl carbamates (subject to hydrolysis) is 1. The number of nitrogens with two attached hydrogens (primary N) is 1. The van der Waals surface area contributed by atoms with Crippen LogP contribution in [0.3, 0.4) is 0 Å². The van der Waals surface area contributed by atoms with Gasteiger partial charge in [0.2, 0.25) is 11.8 Å². The Labute approximate surface area is 276 Å². The van der Waals surface area contributed by atoms with Crippen LogP contribution in [-0.4, -0.2) is 64.9 Å². The average molecular weight is 661 g/mol. The Kier molecular flexibility index (Phi) is 13.3. The summed E-state index contributed by atoms with van der Waals surface area (Å²) in [6.07, 6.45) is 1.09. The van der Waals surface area contributed by atoms with E-state index in [-0.39, 0.29) is 24.0 Å². The first-order valence-electron chi connectivity index (χ1n) is 14.8. The molecule has 0 unspecified atom stereocenters. The average Bonchev–Trinajstić information content (AvgIpc) is 3.07. The fourth-order valence-electron chi connectivity index (χ4n) is 4.35. The normalized spacial score (nSPS) is 11.9. The standard InChI is InChI=1S/C34H37FN6O7/c1-22(39-34(47)48-21-25-12-8-5-9-13-25)31(44)38-23(2)32(45)40(3)41(33(36)46)30(43)17-16-29(42)37-20-26-14-15-28(35)27(19-26)18-24-10-6-4-7-11-24/h4-17,19,22-23H,18,20-21H2,1-3H3,(H2,36,46)(H,37,42)(H,38,44)(H,39,47)/b17-16+/t22-,23-/m0/s1. The van der Waals surface area contributed by atoms with E-state index >= 15 is 0 Å². The second-order valence-corrected chi connectivity index (χ2v) is 10.6. The van der Waals surface area contributed by atoms with Crippen molar-refractivity contribution in [3.05, 3.63) is 119 Å². The fraction of sp³-hybridized carbons (Fsp3) is 0.235. The number of nitrogens with zero attached hydrogens (tertiary/aromatic N) is 2. The largest absolute Gasteiger partial charge is 0.445 e. The van der Waals surface area contributed by atoms with E-state index in [0.717, 1.165) is 30.3 Å². The lowest BCUT2D eigenvalue weighted by Crippen LogP contribution is -2.58. The number of amides is 7. The highest BCUT2D eigenvalue weighted by atomic mass is 19.1. The number of hydrogen-bond donors (Lipinski definition) is 4. The van der Waals surface area contributed by atoms with Crippen LogP contribution < -0.4 is 21.7 Å². The molecule has 0 aliphatic carbocycles. The van der Waals surface area contributed by atoms with E-state index in [1.807, 2.05) is 36.4 Å². The molecule has 252 valence electrons. The van der Waals surface area contributed by atoms with Gasteiger partial charge in [-0.25, -0.2) is 19.0 Å². The van der Waals surface area contributed by atoms with Gasteiger partial charge in [0.25, 0.3) is 11.8 Å². The highest BCUT2D eigenvalue weighted by molar-refractivity contribution is 6.04. The topological polar surface area (TPSA) is 180 Å². The number of hydrogen-bond acceptors (Lipinski definition) is 7. The van der Waals surface area contributed by atoms with Crippen molar-refractivity contribution in [3.63, 3.8) is 0 Å². The minimum absolute atomic E-state index is 0.0158. The molecular weight excluding hydrogens is 623 g/mol. The molecule has 0 heterocycles. The number of imide groups is 1. The lowest BCUT2D eigenvalue weighted by Gasteiger charge is -2.30. The van der Waals surface area contributed by atoms with Gasteiger partial charge >= 0.3 is 12.1 Å². The van der Waals surface area contributed by atoms with Crippen molar-refractivity contribution in [3.8, 4) is 0 Å². The van der Waals surface area contributed by atoms with Crippen molar-refractivity contribution in [2.24, 2.45) is 5.73 Å². The summed E-state index contributed by atoms with van der Waals surface area (Å²) in [6.45, 7) is 2.67. The van der Waals surface area contributed by atoms with Gasteiger partial charge in [-0.3, -0.25) is 19.2 Å². The second-order valence-electron chi connectivity index (χ2n) is 10.6. The monoisotopic (exact) mass is 660 g/mol. The molecule has 0 fully saturated rings. The van der Waals surface area contributed by atoms with Crippen molar-refractivity contribution in [2.75, 3.05) is 7.05 Å². The Morgan fingerprint density at radius 3 is 2.08 bits per heavy atom. The number of hydrazine groups is 1. The number of primary amides is 1. The Morgan fingerprint density at radius 1 is 0.833 bits per heavy atom. The molecule has 48 heavy (non-hydrogen) atoms. The molecule has 2 atom stereocenters. The zero-order valence-corrected chi connectivity index (χ0v) is 26.6. The van der Waals surface area contributed by atoms with Gasteiger partial charge in [0, 0.05) is 32.2 Å². The van der Waals surface area contributed by atoms with Gasteiger partial charge in [-0.1, -0.05) is 72.8 Å². The van der Waals surface area contributed by atoms with Crippen molar-refractivity contribution in [1.82, 2.24) is 26.0 Å². The molecule has 0 aliphatic heterocycles. The summed E-state index contributed by atoms with van der Waals surface area (Å²) in [7, 11) is 1.08. The number of likely N-dealkylation sites (N-methyl/N-ethyl adjacent to an activating group) is 1.